The average molecular weight is 446 g/mol. The summed E-state index contributed by atoms with van der Waals surface area (Å²) >= 11 is 6.09. The highest BCUT2D eigenvalue weighted by Crippen LogP contribution is 2.25. The first-order chi connectivity index (χ1) is 10.5. The van der Waals surface area contributed by atoms with Crippen molar-refractivity contribution in [2.24, 2.45) is 10.7 Å². The van der Waals surface area contributed by atoms with Gasteiger partial charge in [0.25, 0.3) is 0 Å². The maximum Gasteiger partial charge on any atom is 0.193 e. The van der Waals surface area contributed by atoms with Gasteiger partial charge in [-0.25, -0.2) is 4.99 Å². The molecule has 4 nitrogen and oxygen atoms in total. The monoisotopic (exact) mass is 445 g/mol. The number of nitrogens with one attached hydrogen (secondary N) is 1. The van der Waals surface area contributed by atoms with Crippen LogP contribution in [0.4, 0.5) is 5.69 Å². The van der Waals surface area contributed by atoms with Crippen LogP contribution in [-0.2, 0) is 6.54 Å². The van der Waals surface area contributed by atoms with Crippen molar-refractivity contribution in [1.82, 2.24) is 0 Å². The van der Waals surface area contributed by atoms with Crippen LogP contribution in [0.5, 0.6) is 5.75 Å². The number of halogens is 2. The molecule has 0 saturated heterocycles. The van der Waals surface area contributed by atoms with Crippen LogP contribution in [0.2, 0.25) is 5.02 Å². The standard InChI is InChI=1S/C17H20ClN3O.HI/c1-11-6-12(2)8-14(7-11)21-17(19)20-10-13-4-5-16(22-3)15(18)9-13;/h4-9H,10H2,1-3H3,(H3,19,20,21);1H. The molecule has 0 aliphatic rings. The number of ether oxygens (including phenoxy) is 1. The number of anilines is 1. The van der Waals surface area contributed by atoms with Crippen molar-refractivity contribution >= 4 is 47.2 Å². The molecule has 3 N–H and O–H groups in total. The number of methoxy groups -OCH3 is 1. The van der Waals surface area contributed by atoms with E-state index >= 15 is 0 Å². The van der Waals surface area contributed by atoms with Crippen molar-refractivity contribution in [1.29, 1.82) is 0 Å². The van der Waals surface area contributed by atoms with Gasteiger partial charge in [0.15, 0.2) is 5.96 Å². The smallest absolute Gasteiger partial charge is 0.193 e. The zero-order chi connectivity index (χ0) is 16.1. The minimum Gasteiger partial charge on any atom is -0.495 e. The first kappa shape index (κ1) is 19.6. The average Bonchev–Trinajstić information content (AvgIpc) is 2.44. The first-order valence-electron chi connectivity index (χ1n) is 6.95. The van der Waals surface area contributed by atoms with Crippen LogP contribution in [0.25, 0.3) is 0 Å². The second-order valence-corrected chi connectivity index (χ2v) is 5.58. The molecular weight excluding hydrogens is 425 g/mol. The Morgan fingerprint density at radius 1 is 1.17 bits per heavy atom. The molecule has 0 unspecified atom stereocenters. The number of aryl methyl sites for hydroxylation is 2. The topological polar surface area (TPSA) is 59.6 Å². The van der Waals surface area contributed by atoms with Crippen molar-refractivity contribution in [3.63, 3.8) is 0 Å². The highest BCUT2D eigenvalue weighted by Gasteiger charge is 2.02. The summed E-state index contributed by atoms with van der Waals surface area (Å²) in [4.78, 5) is 4.33. The van der Waals surface area contributed by atoms with Gasteiger partial charge in [-0.15, -0.1) is 24.0 Å². The number of rotatable bonds is 4. The van der Waals surface area contributed by atoms with Gasteiger partial charge in [0.05, 0.1) is 18.7 Å². The van der Waals surface area contributed by atoms with Crippen LogP contribution >= 0.6 is 35.6 Å². The molecule has 0 amide bonds. The van der Waals surface area contributed by atoms with E-state index in [1.54, 1.807) is 7.11 Å². The fraction of sp³-hybridized carbons (Fsp3) is 0.235. The number of benzene rings is 2. The Morgan fingerprint density at radius 2 is 1.83 bits per heavy atom. The largest absolute Gasteiger partial charge is 0.495 e. The van der Waals surface area contributed by atoms with E-state index < -0.39 is 0 Å². The lowest BCUT2D eigenvalue weighted by molar-refractivity contribution is 0.415. The van der Waals surface area contributed by atoms with Crippen molar-refractivity contribution in [2.75, 3.05) is 12.4 Å². The van der Waals surface area contributed by atoms with Crippen molar-refractivity contribution in [2.45, 2.75) is 20.4 Å². The Balaban J connectivity index is 0.00000264. The normalized spacial score (nSPS) is 10.9. The Kier molecular flexibility index (Phi) is 7.64. The van der Waals surface area contributed by atoms with Gasteiger partial charge in [0, 0.05) is 5.69 Å². The first-order valence-corrected chi connectivity index (χ1v) is 7.33. The van der Waals surface area contributed by atoms with Crippen molar-refractivity contribution in [3.8, 4) is 5.75 Å². The Morgan fingerprint density at radius 3 is 2.39 bits per heavy atom. The van der Waals surface area contributed by atoms with Gasteiger partial charge >= 0.3 is 0 Å². The van der Waals surface area contributed by atoms with Gasteiger partial charge in [0.2, 0.25) is 0 Å². The third kappa shape index (κ3) is 5.91. The lowest BCUT2D eigenvalue weighted by Crippen LogP contribution is -2.22. The molecule has 124 valence electrons. The third-order valence-electron chi connectivity index (χ3n) is 3.14. The summed E-state index contributed by atoms with van der Waals surface area (Å²) in [6, 6.07) is 11.7. The fourth-order valence-corrected chi connectivity index (χ4v) is 2.50. The summed E-state index contributed by atoms with van der Waals surface area (Å²) in [7, 11) is 1.59. The highest BCUT2D eigenvalue weighted by molar-refractivity contribution is 14.0. The van der Waals surface area contributed by atoms with Crippen LogP contribution < -0.4 is 15.8 Å². The second kappa shape index (κ2) is 8.98. The number of guanidine groups is 1. The zero-order valence-electron chi connectivity index (χ0n) is 13.4. The molecule has 0 aromatic heterocycles. The SMILES string of the molecule is COc1ccc(CN=C(N)Nc2cc(C)cc(C)c2)cc1Cl.I. The molecule has 0 spiro atoms. The van der Waals surface area contributed by atoms with E-state index in [4.69, 9.17) is 22.1 Å². The predicted octanol–water partition coefficient (Wildman–Crippen LogP) is 4.51. The summed E-state index contributed by atoms with van der Waals surface area (Å²) in [5, 5.41) is 3.67. The van der Waals surface area contributed by atoms with E-state index in [0.717, 1.165) is 11.3 Å². The molecule has 0 aliphatic heterocycles. The van der Waals surface area contributed by atoms with E-state index in [1.807, 2.05) is 44.2 Å². The van der Waals surface area contributed by atoms with Gasteiger partial charge in [-0.1, -0.05) is 23.7 Å². The van der Waals surface area contributed by atoms with Gasteiger partial charge in [-0.3, -0.25) is 0 Å². The minimum atomic E-state index is 0. The maximum atomic E-state index is 6.09. The van der Waals surface area contributed by atoms with Crippen LogP contribution in [0, 0.1) is 13.8 Å². The number of nitrogens with zero attached hydrogens (tertiary/aromatic N) is 1. The van der Waals surface area contributed by atoms with Crippen molar-refractivity contribution < 1.29 is 4.74 Å². The molecule has 0 atom stereocenters. The minimum absolute atomic E-state index is 0. The predicted molar refractivity (Wildman–Crippen MR) is 108 cm³/mol. The number of hydrogen-bond acceptors (Lipinski definition) is 2. The van der Waals surface area contributed by atoms with Crippen LogP contribution in [-0.4, -0.2) is 13.1 Å². The number of hydrogen-bond donors (Lipinski definition) is 2. The lowest BCUT2D eigenvalue weighted by atomic mass is 10.1. The van der Waals surface area contributed by atoms with Crippen LogP contribution in [0.15, 0.2) is 41.4 Å². The van der Waals surface area contributed by atoms with E-state index in [-0.39, 0.29) is 24.0 Å². The summed E-state index contributed by atoms with van der Waals surface area (Å²) in [6.07, 6.45) is 0. The molecular formula is C17H21ClIN3O. The molecule has 2 rings (SSSR count). The maximum absolute atomic E-state index is 6.09. The zero-order valence-corrected chi connectivity index (χ0v) is 16.5. The number of nitrogens with two attached hydrogens (primary N) is 1. The Labute approximate surface area is 159 Å². The Hall–Kier alpha value is -1.47. The van der Waals surface area contributed by atoms with E-state index in [1.165, 1.54) is 11.1 Å². The third-order valence-corrected chi connectivity index (χ3v) is 3.44. The fourth-order valence-electron chi connectivity index (χ4n) is 2.22. The molecule has 0 heterocycles. The number of aliphatic imine (C=N–C) groups is 1. The highest BCUT2D eigenvalue weighted by atomic mass is 127. The molecule has 0 bridgehead atoms. The summed E-state index contributed by atoms with van der Waals surface area (Å²) < 4.78 is 5.12. The molecule has 6 heteroatoms. The summed E-state index contributed by atoms with van der Waals surface area (Å²) in [5.74, 6) is 1.02. The van der Waals surface area contributed by atoms with E-state index in [9.17, 15) is 0 Å². The molecule has 0 fully saturated rings. The molecule has 0 aliphatic carbocycles. The lowest BCUT2D eigenvalue weighted by Gasteiger charge is -2.08. The summed E-state index contributed by atoms with van der Waals surface area (Å²) in [5.41, 5.74) is 10.2. The van der Waals surface area contributed by atoms with E-state index in [0.29, 0.717) is 23.3 Å². The van der Waals surface area contributed by atoms with Crippen LogP contribution in [0.1, 0.15) is 16.7 Å². The quantitative estimate of drug-likeness (QED) is 0.413. The molecule has 23 heavy (non-hydrogen) atoms. The molecule has 0 radical (unpaired) electrons. The van der Waals surface area contributed by atoms with Gasteiger partial charge in [-0.2, -0.15) is 0 Å². The van der Waals surface area contributed by atoms with E-state index in [2.05, 4.69) is 16.4 Å². The second-order valence-electron chi connectivity index (χ2n) is 5.17. The molecule has 2 aromatic carbocycles. The Bertz CT molecular complexity index is 684. The van der Waals surface area contributed by atoms with Crippen molar-refractivity contribution in [3.05, 3.63) is 58.1 Å². The summed E-state index contributed by atoms with van der Waals surface area (Å²) in [6.45, 7) is 4.54. The van der Waals surface area contributed by atoms with Gasteiger partial charge in [0.1, 0.15) is 5.75 Å². The van der Waals surface area contributed by atoms with Gasteiger partial charge < -0.3 is 15.8 Å². The van der Waals surface area contributed by atoms with Crippen LogP contribution in [0.3, 0.4) is 0 Å². The molecule has 0 saturated carbocycles. The van der Waals surface area contributed by atoms with Gasteiger partial charge in [-0.05, 0) is 54.8 Å². The molecule has 2 aromatic rings.